The Morgan fingerprint density at radius 3 is 2.15 bits per heavy atom. The molecule has 0 saturated heterocycles. The van der Waals surface area contributed by atoms with Gasteiger partial charge in [-0.3, -0.25) is 9.59 Å². The van der Waals surface area contributed by atoms with Crippen molar-refractivity contribution in [2.45, 2.75) is 19.9 Å². The van der Waals surface area contributed by atoms with Gasteiger partial charge in [-0.2, -0.15) is 0 Å². The Hall–Kier alpha value is -2.92. The van der Waals surface area contributed by atoms with E-state index in [9.17, 15) is 9.59 Å². The summed E-state index contributed by atoms with van der Waals surface area (Å²) in [6.45, 7) is 2.65. The van der Waals surface area contributed by atoms with E-state index in [1.54, 1.807) is 12.1 Å². The molecule has 2 amide bonds. The van der Waals surface area contributed by atoms with Crippen molar-refractivity contribution in [3.63, 3.8) is 0 Å². The summed E-state index contributed by atoms with van der Waals surface area (Å²) in [7, 11) is 0. The first kappa shape index (κ1) is 18.9. The van der Waals surface area contributed by atoms with Crippen LogP contribution in [0.15, 0.2) is 72.8 Å². The molecule has 138 valence electrons. The highest BCUT2D eigenvalue weighted by molar-refractivity contribution is 7.18. The van der Waals surface area contributed by atoms with Crippen molar-refractivity contribution < 1.29 is 9.59 Å². The molecule has 3 aromatic rings. The van der Waals surface area contributed by atoms with Crippen LogP contribution >= 0.6 is 11.3 Å². The molecule has 1 heterocycles. The maximum absolute atomic E-state index is 13.1. The number of nitrogens with one attached hydrogen (secondary N) is 1. The molecule has 0 unspecified atom stereocenters. The molecule has 0 spiro atoms. The van der Waals surface area contributed by atoms with Crippen molar-refractivity contribution in [2.75, 3.05) is 11.9 Å². The second-order valence-electron chi connectivity index (χ2n) is 6.29. The van der Waals surface area contributed by atoms with Crippen LogP contribution in [0.1, 0.15) is 27.7 Å². The summed E-state index contributed by atoms with van der Waals surface area (Å²) in [5.41, 5.74) is 2.30. The van der Waals surface area contributed by atoms with E-state index >= 15 is 0 Å². The monoisotopic (exact) mass is 378 g/mol. The average Bonchev–Trinajstić information content (AvgIpc) is 3.14. The van der Waals surface area contributed by atoms with Gasteiger partial charge >= 0.3 is 0 Å². The van der Waals surface area contributed by atoms with Gasteiger partial charge in [-0.15, -0.1) is 11.3 Å². The van der Waals surface area contributed by atoms with Gasteiger partial charge < -0.3 is 10.2 Å². The van der Waals surface area contributed by atoms with E-state index in [1.165, 1.54) is 23.8 Å². The Morgan fingerprint density at radius 2 is 1.52 bits per heavy atom. The first-order chi connectivity index (χ1) is 13.1. The number of amides is 2. The standard InChI is InChI=1S/C22H22N2O2S/c1-17(25)23-21-13-12-20(27-21)22(26)24(16-19-10-6-3-7-11-19)15-14-18-8-4-2-5-9-18/h2-13H,14-16H2,1H3,(H,23,25). The third-order valence-electron chi connectivity index (χ3n) is 4.13. The predicted octanol–water partition coefficient (Wildman–Crippen LogP) is 4.59. The molecule has 1 aromatic heterocycles. The zero-order valence-electron chi connectivity index (χ0n) is 15.2. The van der Waals surface area contributed by atoms with Gasteiger partial charge in [0.25, 0.3) is 5.91 Å². The highest BCUT2D eigenvalue weighted by atomic mass is 32.1. The quantitative estimate of drug-likeness (QED) is 0.654. The van der Waals surface area contributed by atoms with E-state index in [-0.39, 0.29) is 11.8 Å². The van der Waals surface area contributed by atoms with Gasteiger partial charge in [0.1, 0.15) is 0 Å². The number of thiophene rings is 1. The summed E-state index contributed by atoms with van der Waals surface area (Å²) in [4.78, 5) is 26.8. The molecule has 1 N–H and O–H groups in total. The lowest BCUT2D eigenvalue weighted by molar-refractivity contribution is -0.114. The third kappa shape index (κ3) is 5.53. The smallest absolute Gasteiger partial charge is 0.264 e. The number of hydrogen-bond acceptors (Lipinski definition) is 3. The van der Waals surface area contributed by atoms with Crippen molar-refractivity contribution in [2.24, 2.45) is 0 Å². The Labute approximate surface area is 163 Å². The number of hydrogen-bond donors (Lipinski definition) is 1. The topological polar surface area (TPSA) is 49.4 Å². The number of rotatable bonds is 7. The molecule has 2 aromatic carbocycles. The molecule has 5 heteroatoms. The number of anilines is 1. The van der Waals surface area contributed by atoms with Crippen LogP contribution in [-0.2, 0) is 17.8 Å². The summed E-state index contributed by atoms with van der Waals surface area (Å²) in [6, 6.07) is 23.7. The molecule has 0 aliphatic carbocycles. The van der Waals surface area contributed by atoms with Gasteiger partial charge in [-0.05, 0) is 29.7 Å². The summed E-state index contributed by atoms with van der Waals surface area (Å²) < 4.78 is 0. The number of nitrogens with zero attached hydrogens (tertiary/aromatic N) is 1. The van der Waals surface area contributed by atoms with Gasteiger partial charge in [0.2, 0.25) is 5.91 Å². The Morgan fingerprint density at radius 1 is 0.889 bits per heavy atom. The second kappa shape index (κ2) is 9.14. The first-order valence-electron chi connectivity index (χ1n) is 8.86. The van der Waals surface area contributed by atoms with E-state index in [0.29, 0.717) is 23.0 Å². The minimum Gasteiger partial charge on any atom is -0.333 e. The molecule has 27 heavy (non-hydrogen) atoms. The van der Waals surface area contributed by atoms with Crippen molar-refractivity contribution in [3.8, 4) is 0 Å². The maximum Gasteiger partial charge on any atom is 0.264 e. The Bertz CT molecular complexity index is 891. The summed E-state index contributed by atoms with van der Waals surface area (Å²) in [5.74, 6) is -0.155. The lowest BCUT2D eigenvalue weighted by atomic mass is 10.1. The van der Waals surface area contributed by atoms with Gasteiger partial charge in [0.05, 0.1) is 9.88 Å². The SMILES string of the molecule is CC(=O)Nc1ccc(C(=O)N(CCc2ccccc2)Cc2ccccc2)s1. The average molecular weight is 378 g/mol. The lowest BCUT2D eigenvalue weighted by Gasteiger charge is -2.22. The molecule has 0 radical (unpaired) electrons. The second-order valence-corrected chi connectivity index (χ2v) is 7.38. The van der Waals surface area contributed by atoms with Crippen LogP contribution in [0.4, 0.5) is 5.00 Å². The van der Waals surface area contributed by atoms with Gasteiger partial charge in [0, 0.05) is 20.0 Å². The minimum absolute atomic E-state index is 0.0172. The fourth-order valence-electron chi connectivity index (χ4n) is 2.81. The van der Waals surface area contributed by atoms with Crippen LogP contribution in [0.5, 0.6) is 0 Å². The Balaban J connectivity index is 1.76. The van der Waals surface area contributed by atoms with E-state index < -0.39 is 0 Å². The molecule has 0 aliphatic rings. The van der Waals surface area contributed by atoms with Crippen LogP contribution < -0.4 is 5.32 Å². The largest absolute Gasteiger partial charge is 0.333 e. The minimum atomic E-state index is -0.138. The maximum atomic E-state index is 13.1. The Kier molecular flexibility index (Phi) is 6.39. The van der Waals surface area contributed by atoms with Crippen molar-refractivity contribution >= 4 is 28.2 Å². The highest BCUT2D eigenvalue weighted by Crippen LogP contribution is 2.24. The fourth-order valence-corrected chi connectivity index (χ4v) is 3.73. The molecular weight excluding hydrogens is 356 g/mol. The van der Waals surface area contributed by atoms with Crippen molar-refractivity contribution in [1.29, 1.82) is 0 Å². The molecule has 4 nitrogen and oxygen atoms in total. The predicted molar refractivity (Wildman–Crippen MR) is 110 cm³/mol. The van der Waals surface area contributed by atoms with E-state index in [2.05, 4.69) is 17.4 Å². The molecule has 0 fully saturated rings. The molecule has 0 bridgehead atoms. The number of benzene rings is 2. The summed E-state index contributed by atoms with van der Waals surface area (Å²) >= 11 is 1.31. The zero-order valence-corrected chi connectivity index (χ0v) is 16.0. The number of carbonyl (C=O) groups excluding carboxylic acids is 2. The van der Waals surface area contributed by atoms with Crippen molar-refractivity contribution in [3.05, 3.63) is 88.8 Å². The van der Waals surface area contributed by atoms with Crippen LogP contribution in [0.3, 0.4) is 0 Å². The summed E-state index contributed by atoms with van der Waals surface area (Å²) in [5, 5.41) is 3.42. The normalized spacial score (nSPS) is 10.4. The van der Waals surface area contributed by atoms with Gasteiger partial charge in [-0.25, -0.2) is 0 Å². The molecule has 3 rings (SSSR count). The summed E-state index contributed by atoms with van der Waals surface area (Å²) in [6.07, 6.45) is 0.795. The van der Waals surface area contributed by atoms with Crippen molar-refractivity contribution in [1.82, 2.24) is 4.90 Å². The highest BCUT2D eigenvalue weighted by Gasteiger charge is 2.18. The van der Waals surface area contributed by atoms with E-state index in [0.717, 1.165) is 12.0 Å². The molecule has 0 saturated carbocycles. The van der Waals surface area contributed by atoms with Gasteiger partial charge in [0.15, 0.2) is 0 Å². The van der Waals surface area contributed by atoms with E-state index in [4.69, 9.17) is 0 Å². The van der Waals surface area contributed by atoms with Crippen LogP contribution in [0, 0.1) is 0 Å². The van der Waals surface area contributed by atoms with Crippen LogP contribution in [0.2, 0.25) is 0 Å². The van der Waals surface area contributed by atoms with Crippen LogP contribution in [-0.4, -0.2) is 23.3 Å². The van der Waals surface area contributed by atoms with Crippen LogP contribution in [0.25, 0.3) is 0 Å². The third-order valence-corrected chi connectivity index (χ3v) is 5.12. The molecule has 0 atom stereocenters. The molecule has 0 aliphatic heterocycles. The fraction of sp³-hybridized carbons (Fsp3) is 0.182. The lowest BCUT2D eigenvalue weighted by Crippen LogP contribution is -2.32. The zero-order chi connectivity index (χ0) is 19.1. The number of carbonyl (C=O) groups is 2. The van der Waals surface area contributed by atoms with Gasteiger partial charge in [-0.1, -0.05) is 60.7 Å². The molecular formula is C22H22N2O2S. The first-order valence-corrected chi connectivity index (χ1v) is 9.68. The van der Waals surface area contributed by atoms with E-state index in [1.807, 2.05) is 53.4 Å².